The minimum Gasteiger partial charge on any atom is -0.354 e. The van der Waals surface area contributed by atoms with Gasteiger partial charge in [-0.15, -0.1) is 10.2 Å². The highest BCUT2D eigenvalue weighted by molar-refractivity contribution is 7.99. The third-order valence-electron chi connectivity index (χ3n) is 5.51. The second-order valence-electron chi connectivity index (χ2n) is 8.21. The van der Waals surface area contributed by atoms with Gasteiger partial charge in [-0.3, -0.25) is 9.59 Å². The number of piperidine rings is 1. The molecule has 1 aliphatic carbocycles. The monoisotopic (exact) mass is 479 g/mol. The Morgan fingerprint density at radius 2 is 1.82 bits per heavy atom. The van der Waals surface area contributed by atoms with Gasteiger partial charge in [-0.25, -0.2) is 0 Å². The summed E-state index contributed by atoms with van der Waals surface area (Å²) in [5.74, 6) is 0.441. The maximum absolute atomic E-state index is 12.6. The van der Waals surface area contributed by atoms with Crippen LogP contribution >= 0.6 is 11.8 Å². The second-order valence-corrected chi connectivity index (χ2v) is 9.21. The second kappa shape index (κ2) is 9.98. The van der Waals surface area contributed by atoms with Crippen LogP contribution in [0.25, 0.3) is 0 Å². The molecular formula is C22H24F3N5O2S. The summed E-state index contributed by atoms with van der Waals surface area (Å²) in [6, 6.07) is 8.23. The molecule has 1 atom stereocenters. The van der Waals surface area contributed by atoms with Crippen molar-refractivity contribution < 1.29 is 22.8 Å². The van der Waals surface area contributed by atoms with E-state index in [-0.39, 0.29) is 23.5 Å². The van der Waals surface area contributed by atoms with Crippen LogP contribution in [0.4, 0.5) is 24.7 Å². The number of alkyl halides is 3. The molecule has 0 spiro atoms. The third-order valence-corrected chi connectivity index (χ3v) is 6.43. The summed E-state index contributed by atoms with van der Waals surface area (Å²) in [4.78, 5) is 26.5. The summed E-state index contributed by atoms with van der Waals surface area (Å²) in [5, 5.41) is 14.6. The molecule has 11 heteroatoms. The summed E-state index contributed by atoms with van der Waals surface area (Å²) >= 11 is 1.18. The van der Waals surface area contributed by atoms with Crippen LogP contribution in [0.5, 0.6) is 0 Å². The number of thioether (sulfide) groups is 1. The predicted octanol–water partition coefficient (Wildman–Crippen LogP) is 3.72. The first-order valence-corrected chi connectivity index (χ1v) is 11.8. The van der Waals surface area contributed by atoms with E-state index in [1.807, 2.05) is 6.07 Å². The number of aromatic nitrogens is 2. The Morgan fingerprint density at radius 3 is 2.45 bits per heavy atom. The number of anilines is 2. The van der Waals surface area contributed by atoms with Gasteiger partial charge in [0, 0.05) is 24.8 Å². The lowest BCUT2D eigenvalue weighted by atomic mass is 9.97. The summed E-state index contributed by atoms with van der Waals surface area (Å²) in [6.07, 6.45) is -0.513. The normalized spacial score (nSPS) is 18.6. The highest BCUT2D eigenvalue weighted by Crippen LogP contribution is 2.30. The number of nitrogens with one attached hydrogen (secondary N) is 2. The Morgan fingerprint density at radius 1 is 1.06 bits per heavy atom. The molecule has 1 aromatic heterocycles. The number of rotatable bonds is 7. The third kappa shape index (κ3) is 6.59. The largest absolute Gasteiger partial charge is 0.416 e. The molecule has 176 valence electrons. The Labute approximate surface area is 193 Å². The minimum atomic E-state index is -4.42. The standard InChI is InChI=1S/C22H24F3N5O2S/c23-22(24,25)15-3-5-16(6-4-15)26-19(31)13-33-20-10-9-18(28-29-20)30-11-1-2-14(12-30)21(32)27-17-7-8-17/h3-6,9-10,14,17H,1-2,7-8,11-13H2,(H,26,31)(H,27,32)/t14-/m1/s1. The van der Waals surface area contributed by atoms with Crippen LogP contribution in [-0.2, 0) is 15.8 Å². The van der Waals surface area contributed by atoms with Crippen molar-refractivity contribution in [3.63, 3.8) is 0 Å². The van der Waals surface area contributed by atoms with E-state index in [0.29, 0.717) is 29.1 Å². The lowest BCUT2D eigenvalue weighted by Gasteiger charge is -2.32. The van der Waals surface area contributed by atoms with Gasteiger partial charge in [0.25, 0.3) is 0 Å². The molecule has 2 N–H and O–H groups in total. The lowest BCUT2D eigenvalue weighted by Crippen LogP contribution is -2.44. The van der Waals surface area contributed by atoms with Gasteiger partial charge in [0.2, 0.25) is 11.8 Å². The molecule has 0 unspecified atom stereocenters. The number of hydrogen-bond acceptors (Lipinski definition) is 6. The minimum absolute atomic E-state index is 0.0438. The zero-order valence-electron chi connectivity index (χ0n) is 17.8. The van der Waals surface area contributed by atoms with Crippen LogP contribution in [0.1, 0.15) is 31.2 Å². The molecule has 2 fully saturated rings. The number of benzene rings is 1. The smallest absolute Gasteiger partial charge is 0.354 e. The summed E-state index contributed by atoms with van der Waals surface area (Å²) in [5.41, 5.74) is -0.478. The first kappa shape index (κ1) is 23.3. The quantitative estimate of drug-likeness (QED) is 0.589. The molecular weight excluding hydrogens is 455 g/mol. The zero-order valence-corrected chi connectivity index (χ0v) is 18.6. The number of carbonyl (C=O) groups excluding carboxylic acids is 2. The Bertz CT molecular complexity index is 981. The lowest BCUT2D eigenvalue weighted by molar-refractivity contribution is -0.137. The van der Waals surface area contributed by atoms with Crippen molar-refractivity contribution in [2.75, 3.05) is 29.1 Å². The SMILES string of the molecule is O=C(CSc1ccc(N2CCC[C@@H](C(=O)NC3CC3)C2)nn1)Nc1ccc(C(F)(F)F)cc1. The fourth-order valence-corrected chi connectivity index (χ4v) is 4.20. The van der Waals surface area contributed by atoms with Gasteiger partial charge in [0.05, 0.1) is 17.2 Å². The van der Waals surface area contributed by atoms with Crippen LogP contribution in [0.3, 0.4) is 0 Å². The van der Waals surface area contributed by atoms with Crippen LogP contribution in [-0.4, -0.2) is 46.9 Å². The van der Waals surface area contributed by atoms with Crippen molar-refractivity contribution in [2.45, 2.75) is 42.9 Å². The molecule has 0 radical (unpaired) electrons. The van der Waals surface area contributed by atoms with Crippen LogP contribution < -0.4 is 15.5 Å². The first-order valence-electron chi connectivity index (χ1n) is 10.8. The maximum Gasteiger partial charge on any atom is 0.416 e. The number of halogens is 3. The van der Waals surface area contributed by atoms with Crippen molar-refractivity contribution in [1.82, 2.24) is 15.5 Å². The highest BCUT2D eigenvalue weighted by atomic mass is 32.2. The van der Waals surface area contributed by atoms with E-state index in [0.717, 1.165) is 44.4 Å². The predicted molar refractivity (Wildman–Crippen MR) is 119 cm³/mol. The number of amides is 2. The van der Waals surface area contributed by atoms with Gasteiger partial charge in [0.15, 0.2) is 5.82 Å². The van der Waals surface area contributed by atoms with E-state index in [9.17, 15) is 22.8 Å². The van der Waals surface area contributed by atoms with Gasteiger partial charge in [-0.05, 0) is 62.1 Å². The van der Waals surface area contributed by atoms with Crippen molar-refractivity contribution in [3.8, 4) is 0 Å². The molecule has 2 amide bonds. The summed E-state index contributed by atoms with van der Waals surface area (Å²) in [6.45, 7) is 1.42. The van der Waals surface area contributed by atoms with Crippen LogP contribution in [0, 0.1) is 5.92 Å². The fourth-order valence-electron chi connectivity index (χ4n) is 3.58. The zero-order chi connectivity index (χ0) is 23.4. The maximum atomic E-state index is 12.6. The number of hydrogen-bond donors (Lipinski definition) is 2. The van der Waals surface area contributed by atoms with E-state index in [1.165, 1.54) is 23.9 Å². The van der Waals surface area contributed by atoms with E-state index < -0.39 is 11.7 Å². The molecule has 7 nitrogen and oxygen atoms in total. The average molecular weight is 480 g/mol. The number of carbonyl (C=O) groups is 2. The van der Waals surface area contributed by atoms with E-state index in [4.69, 9.17) is 0 Å². The highest BCUT2D eigenvalue weighted by Gasteiger charge is 2.31. The van der Waals surface area contributed by atoms with Crippen molar-refractivity contribution in [1.29, 1.82) is 0 Å². The molecule has 2 aliphatic rings. The van der Waals surface area contributed by atoms with E-state index >= 15 is 0 Å². The van der Waals surface area contributed by atoms with Crippen LogP contribution in [0.2, 0.25) is 0 Å². The molecule has 1 aliphatic heterocycles. The Balaban J connectivity index is 1.25. The topological polar surface area (TPSA) is 87.2 Å². The average Bonchev–Trinajstić information content (AvgIpc) is 3.62. The van der Waals surface area contributed by atoms with Crippen LogP contribution in [0.15, 0.2) is 41.4 Å². The summed E-state index contributed by atoms with van der Waals surface area (Å²) < 4.78 is 37.8. The van der Waals surface area contributed by atoms with Crippen molar-refractivity contribution >= 4 is 35.1 Å². The first-order chi connectivity index (χ1) is 15.8. The van der Waals surface area contributed by atoms with Gasteiger partial charge < -0.3 is 15.5 Å². The molecule has 1 saturated heterocycles. The fraction of sp³-hybridized carbons (Fsp3) is 0.455. The van der Waals surface area contributed by atoms with Crippen molar-refractivity contribution in [2.24, 2.45) is 5.92 Å². The van der Waals surface area contributed by atoms with Gasteiger partial charge >= 0.3 is 6.18 Å². The van der Waals surface area contributed by atoms with Gasteiger partial charge in [-0.2, -0.15) is 13.2 Å². The number of nitrogens with zero attached hydrogens (tertiary/aromatic N) is 3. The van der Waals surface area contributed by atoms with Crippen molar-refractivity contribution in [3.05, 3.63) is 42.0 Å². The molecule has 0 bridgehead atoms. The molecule has 4 rings (SSSR count). The summed E-state index contributed by atoms with van der Waals surface area (Å²) in [7, 11) is 0. The molecule has 33 heavy (non-hydrogen) atoms. The molecule has 2 heterocycles. The molecule has 2 aromatic rings. The Hall–Kier alpha value is -2.82. The van der Waals surface area contributed by atoms with Gasteiger partial charge in [-0.1, -0.05) is 11.8 Å². The molecule has 1 saturated carbocycles. The Kier molecular flexibility index (Phi) is 7.06. The molecule has 1 aromatic carbocycles. The van der Waals surface area contributed by atoms with E-state index in [1.54, 1.807) is 6.07 Å². The van der Waals surface area contributed by atoms with Gasteiger partial charge in [0.1, 0.15) is 5.03 Å². The van der Waals surface area contributed by atoms with E-state index in [2.05, 4.69) is 25.7 Å².